The van der Waals surface area contributed by atoms with E-state index in [0.29, 0.717) is 0 Å². The zero-order valence-corrected chi connectivity index (χ0v) is 74.7. The van der Waals surface area contributed by atoms with Gasteiger partial charge in [0.1, 0.15) is 0 Å². The number of hydrogen-bond acceptors (Lipinski definition) is 3. The van der Waals surface area contributed by atoms with Crippen molar-refractivity contribution in [2.75, 3.05) is 0 Å². The lowest BCUT2D eigenvalue weighted by Crippen LogP contribution is -2.29. The maximum absolute atomic E-state index is 2.42. The van der Waals surface area contributed by atoms with Crippen LogP contribution in [0.2, 0.25) is 0 Å². The van der Waals surface area contributed by atoms with Gasteiger partial charge in [0.05, 0.1) is 16.2 Å². The molecule has 0 saturated carbocycles. The second-order valence-corrected chi connectivity index (χ2v) is 38.0. The summed E-state index contributed by atoms with van der Waals surface area (Å²) in [7, 11) is 0. The van der Waals surface area contributed by atoms with E-state index in [2.05, 4.69) is 510 Å². The van der Waals surface area contributed by atoms with Gasteiger partial charge in [0.15, 0.2) is 0 Å². The Labute approximate surface area is 781 Å². The number of thiophene rings is 3. The summed E-state index contributed by atoms with van der Waals surface area (Å²) < 4.78 is 8.05. The van der Waals surface area contributed by atoms with Crippen LogP contribution in [0.1, 0.15) is 66.8 Å². The van der Waals surface area contributed by atoms with Crippen molar-refractivity contribution in [2.45, 2.75) is 16.2 Å². The van der Waals surface area contributed by atoms with Crippen LogP contribution in [0.25, 0.3) is 161 Å². The van der Waals surface area contributed by atoms with Crippen molar-refractivity contribution >= 4 is 94.5 Å². The largest absolute Gasteiger partial charge is 0.135 e. The Morgan fingerprint density at radius 2 is 0.356 bits per heavy atom. The van der Waals surface area contributed by atoms with E-state index >= 15 is 0 Å². The first-order chi connectivity index (χ1) is 65.5. The molecule has 3 heteroatoms. The minimum absolute atomic E-state index is 0.361. The molecule has 3 heterocycles. The smallest absolute Gasteiger partial charge is 0.0719 e. The zero-order chi connectivity index (χ0) is 87.3. The van der Waals surface area contributed by atoms with E-state index in [-0.39, 0.29) is 5.41 Å². The van der Waals surface area contributed by atoms with Crippen LogP contribution in [0.15, 0.2) is 510 Å². The summed E-state index contributed by atoms with van der Waals surface area (Å²) in [6.45, 7) is 0. The first-order valence-corrected chi connectivity index (χ1v) is 48.0. The van der Waals surface area contributed by atoms with Crippen molar-refractivity contribution < 1.29 is 0 Å². The van der Waals surface area contributed by atoms with E-state index in [4.69, 9.17) is 0 Å². The highest BCUT2D eigenvalue weighted by molar-refractivity contribution is 7.27. The van der Waals surface area contributed by atoms with E-state index in [1.165, 1.54) is 227 Å². The number of fused-ring (bicyclic) bond motifs is 18. The lowest BCUT2D eigenvalue weighted by atomic mass is 9.65. The highest BCUT2D eigenvalue weighted by Crippen LogP contribution is 2.62. The Balaban J connectivity index is 0.000000106. The van der Waals surface area contributed by atoms with Gasteiger partial charge in [-0.3, -0.25) is 0 Å². The average molecular weight is 1730 g/mol. The van der Waals surface area contributed by atoms with E-state index in [1.807, 2.05) is 34.0 Å². The molecule has 0 saturated heterocycles. The van der Waals surface area contributed by atoms with Gasteiger partial charge < -0.3 is 0 Å². The lowest BCUT2D eigenvalue weighted by Gasteiger charge is -2.35. The molecule has 0 nitrogen and oxygen atoms in total. The van der Waals surface area contributed by atoms with Crippen LogP contribution in [0.4, 0.5) is 0 Å². The summed E-state index contributed by atoms with van der Waals surface area (Å²) in [4.78, 5) is 0. The average Bonchev–Trinajstić information content (AvgIpc) is 1.57. The molecule has 21 aromatic carbocycles. The molecule has 3 aliphatic rings. The van der Waals surface area contributed by atoms with Crippen LogP contribution < -0.4 is 0 Å². The Hall–Kier alpha value is -15.7. The first-order valence-electron chi connectivity index (χ1n) is 45.6. The van der Waals surface area contributed by atoms with Crippen molar-refractivity contribution in [3.05, 3.63) is 576 Å². The molecule has 0 radical (unpaired) electrons. The second kappa shape index (κ2) is 32.5. The molecule has 0 amide bonds. The molecule has 0 N–H and O–H groups in total. The fraction of sp³-hybridized carbons (Fsp3) is 0.0233. The van der Waals surface area contributed by atoms with Crippen LogP contribution >= 0.6 is 34.0 Å². The molecule has 3 aliphatic carbocycles. The fourth-order valence-electron chi connectivity index (χ4n) is 22.6. The Bertz CT molecular complexity index is 8440. The molecule has 3 aromatic heterocycles. The monoisotopic (exact) mass is 1730 g/mol. The van der Waals surface area contributed by atoms with Crippen molar-refractivity contribution in [3.63, 3.8) is 0 Å². The highest BCUT2D eigenvalue weighted by Gasteiger charge is 2.50. The van der Waals surface area contributed by atoms with Crippen molar-refractivity contribution in [1.82, 2.24) is 0 Å². The summed E-state index contributed by atoms with van der Waals surface area (Å²) in [5.74, 6) is 0. The van der Waals surface area contributed by atoms with Gasteiger partial charge in [-0.1, -0.05) is 479 Å². The summed E-state index contributed by atoms with van der Waals surface area (Å²) in [6.07, 6.45) is 0. The van der Waals surface area contributed by atoms with Gasteiger partial charge in [-0.25, -0.2) is 0 Å². The molecular weight excluding hydrogens is 1650 g/mol. The van der Waals surface area contributed by atoms with Crippen LogP contribution in [0.5, 0.6) is 0 Å². The molecule has 24 aromatic rings. The third-order valence-corrected chi connectivity index (χ3v) is 31.8. The number of hydrogen-bond donors (Lipinski definition) is 0. The van der Waals surface area contributed by atoms with Gasteiger partial charge in [-0.05, 0) is 192 Å². The molecule has 0 atom stereocenters. The van der Waals surface area contributed by atoms with Gasteiger partial charge in [0, 0.05) is 66.1 Å². The molecular formula is C129H84S3. The molecule has 132 heavy (non-hydrogen) atoms. The van der Waals surface area contributed by atoms with E-state index in [0.717, 1.165) is 0 Å². The van der Waals surface area contributed by atoms with Gasteiger partial charge in [-0.15, -0.1) is 34.0 Å². The molecule has 0 bridgehead atoms. The van der Waals surface area contributed by atoms with Gasteiger partial charge >= 0.3 is 0 Å². The lowest BCUT2D eigenvalue weighted by molar-refractivity contribution is 0.768. The van der Waals surface area contributed by atoms with Crippen LogP contribution in [0, 0.1) is 0 Å². The topological polar surface area (TPSA) is 0 Å². The fourth-order valence-corrected chi connectivity index (χ4v) is 26.3. The standard InChI is InChI=1S/3C43H28S/c1-2-16-32(17-3-1)43(39-24-7-4-19-35(39)36-20-5-8-25-40(36)43)33-18-11-14-30(28-33)29-13-10-15-31(27-29)34-22-12-23-38-37-21-6-9-26-41(37)44-42(34)38;1-2-11-32(12-3-1)43(39-18-7-4-13-35(39)36-14-5-8-19-40(36)43)33-27-25-30(26-28-33)29-21-23-31(24-22-29)34-16-10-17-38-37-15-6-9-20-41(37)44-42(34)38;1-2-15-29(16-3-1)43(39-26-11-7-20-33(39)34-21-8-12-27-40(34)43)38-25-10-6-19-32(38)30-17-4-5-18-31(30)36-23-14-24-37-35-22-9-13-28-41(35)44-42(36)37/h3*1-28H. The summed E-state index contributed by atoms with van der Waals surface area (Å²) in [5, 5.41) is 8.00. The molecule has 0 spiro atoms. The van der Waals surface area contributed by atoms with Gasteiger partial charge in [0.2, 0.25) is 0 Å². The van der Waals surface area contributed by atoms with E-state index in [1.54, 1.807) is 0 Å². The molecule has 0 fully saturated rings. The molecule has 27 rings (SSSR count). The van der Waals surface area contributed by atoms with Gasteiger partial charge in [0.25, 0.3) is 0 Å². The molecule has 0 aliphatic heterocycles. The van der Waals surface area contributed by atoms with Crippen LogP contribution in [0.3, 0.4) is 0 Å². The van der Waals surface area contributed by atoms with Gasteiger partial charge in [-0.2, -0.15) is 0 Å². The summed E-state index contributed by atoms with van der Waals surface area (Å²) >= 11 is 5.67. The first kappa shape index (κ1) is 78.5. The second-order valence-electron chi connectivity index (χ2n) is 34.9. The summed E-state index contributed by atoms with van der Waals surface area (Å²) in [6, 6.07) is 188. The maximum atomic E-state index is 2.42. The van der Waals surface area contributed by atoms with E-state index in [9.17, 15) is 0 Å². The van der Waals surface area contributed by atoms with Crippen molar-refractivity contribution in [3.8, 4) is 100 Å². The van der Waals surface area contributed by atoms with Crippen LogP contribution in [-0.2, 0) is 16.2 Å². The number of benzene rings is 21. The third-order valence-electron chi connectivity index (χ3n) is 28.2. The highest BCUT2D eigenvalue weighted by atomic mass is 32.1. The maximum Gasteiger partial charge on any atom is 0.0719 e. The number of rotatable bonds is 12. The Morgan fingerprint density at radius 1 is 0.121 bits per heavy atom. The normalized spacial score (nSPS) is 13.2. The third kappa shape index (κ3) is 12.4. The molecule has 618 valence electrons. The Morgan fingerprint density at radius 3 is 0.765 bits per heavy atom. The quantitative estimate of drug-likeness (QED) is 0.114. The minimum atomic E-state index is -0.457. The summed E-state index contributed by atoms with van der Waals surface area (Å²) in [5.41, 5.74) is 37.6. The minimum Gasteiger partial charge on any atom is -0.135 e. The van der Waals surface area contributed by atoms with Crippen LogP contribution in [-0.4, -0.2) is 0 Å². The Kier molecular flexibility index (Phi) is 19.3. The van der Waals surface area contributed by atoms with Crippen molar-refractivity contribution in [1.29, 1.82) is 0 Å². The molecule has 0 unspecified atom stereocenters. The van der Waals surface area contributed by atoms with Crippen molar-refractivity contribution in [2.24, 2.45) is 0 Å². The zero-order valence-electron chi connectivity index (χ0n) is 72.2. The van der Waals surface area contributed by atoms with E-state index < -0.39 is 10.8 Å². The predicted molar refractivity (Wildman–Crippen MR) is 563 cm³/mol. The SMILES string of the molecule is c1ccc(C2(c3ccc(-c4ccc(-c5cccc6c5sc5ccccc56)cc4)cc3)c3ccccc3-c3ccccc32)cc1.c1ccc(C2(c3cccc(-c4cccc(-c5cccc6c5sc5ccccc56)c4)c3)c3ccccc3-c3ccccc32)cc1.c1ccc(C2(c3ccccc3-c3ccccc3-c3cccc4c3sc3ccccc34)c3ccccc3-c3ccccc32)cc1. The predicted octanol–water partition coefficient (Wildman–Crippen LogP) is 35.3.